The molecule has 118 valence electrons. The quantitative estimate of drug-likeness (QED) is 0.537. The van der Waals surface area contributed by atoms with Crippen LogP contribution in [0.4, 0.5) is 0 Å². The summed E-state index contributed by atoms with van der Waals surface area (Å²) in [7, 11) is 0. The highest BCUT2D eigenvalue weighted by Gasteiger charge is 2.05. The molecule has 0 saturated carbocycles. The van der Waals surface area contributed by atoms with Crippen LogP contribution >= 0.6 is 0 Å². The van der Waals surface area contributed by atoms with Crippen molar-refractivity contribution in [2.24, 2.45) is 0 Å². The summed E-state index contributed by atoms with van der Waals surface area (Å²) >= 11 is 0. The molecular weight excluding hydrogens is 288 g/mol. The van der Waals surface area contributed by atoms with Gasteiger partial charge in [-0.25, -0.2) is 4.79 Å². The molecule has 0 saturated heterocycles. The van der Waals surface area contributed by atoms with Crippen LogP contribution in [-0.4, -0.2) is 29.5 Å². The number of aliphatic carboxylic acids is 1. The Hall–Kier alpha value is -2.83. The number of nitrogens with one attached hydrogen (secondary N) is 2. The number of hydrogen-bond acceptors (Lipinski definition) is 4. The lowest BCUT2D eigenvalue weighted by Crippen LogP contribution is -2.43. The third kappa shape index (κ3) is 6.56. The highest BCUT2D eigenvalue weighted by Crippen LogP contribution is 2.18. The molecule has 22 heavy (non-hydrogen) atoms. The molecule has 0 aliphatic carbocycles. The molecule has 0 atom stereocenters. The first-order chi connectivity index (χ1) is 10.4. The van der Waals surface area contributed by atoms with Gasteiger partial charge in [0.2, 0.25) is 0 Å². The lowest BCUT2D eigenvalue weighted by atomic mass is 10.0. The molecule has 1 aromatic carbocycles. The van der Waals surface area contributed by atoms with Crippen molar-refractivity contribution in [1.29, 1.82) is 0 Å². The predicted molar refractivity (Wildman–Crippen MR) is 79.1 cm³/mol. The van der Waals surface area contributed by atoms with Crippen molar-refractivity contribution in [1.82, 2.24) is 10.9 Å². The van der Waals surface area contributed by atoms with Crippen LogP contribution in [-0.2, 0) is 14.4 Å². The Labute approximate surface area is 127 Å². The van der Waals surface area contributed by atoms with Gasteiger partial charge in [0.1, 0.15) is 5.75 Å². The number of carboxylic acid groups (broad SMARTS) is 1. The molecule has 1 rings (SSSR count). The molecule has 0 spiro atoms. The number of hydrogen-bond donors (Lipinski definition) is 3. The minimum absolute atomic E-state index is 0.274. The van der Waals surface area contributed by atoms with Crippen molar-refractivity contribution in [2.45, 2.75) is 19.8 Å². The first-order valence-corrected chi connectivity index (χ1v) is 6.61. The standard InChI is InChI=1S/C15H18N2O5/c1-10(2)11-3-5-12(6-4-11)22-9-14(19)17-16-13(18)7-8-15(20)21/h3-8,10H,9H2,1-2H3,(H,16,18)(H,17,19)(H,20,21)/b8-7+. The Morgan fingerprint density at radius 3 is 2.32 bits per heavy atom. The molecule has 7 nitrogen and oxygen atoms in total. The maximum Gasteiger partial charge on any atom is 0.328 e. The summed E-state index contributed by atoms with van der Waals surface area (Å²) in [5.74, 6) is -1.63. The van der Waals surface area contributed by atoms with E-state index in [0.717, 1.165) is 11.6 Å². The number of carbonyl (C=O) groups excluding carboxylic acids is 2. The van der Waals surface area contributed by atoms with Crippen LogP contribution in [0.5, 0.6) is 5.75 Å². The fourth-order valence-electron chi connectivity index (χ4n) is 1.45. The largest absolute Gasteiger partial charge is 0.484 e. The van der Waals surface area contributed by atoms with Crippen molar-refractivity contribution in [3.8, 4) is 5.75 Å². The van der Waals surface area contributed by atoms with Gasteiger partial charge in [-0.1, -0.05) is 26.0 Å². The van der Waals surface area contributed by atoms with Crippen molar-refractivity contribution in [3.05, 3.63) is 42.0 Å². The fourth-order valence-corrected chi connectivity index (χ4v) is 1.45. The molecule has 0 unspecified atom stereocenters. The topological polar surface area (TPSA) is 105 Å². The van der Waals surface area contributed by atoms with Crippen LogP contribution in [0.3, 0.4) is 0 Å². The third-order valence-corrected chi connectivity index (χ3v) is 2.62. The molecule has 2 amide bonds. The van der Waals surface area contributed by atoms with E-state index in [0.29, 0.717) is 17.7 Å². The number of ether oxygens (including phenoxy) is 1. The summed E-state index contributed by atoms with van der Waals surface area (Å²) in [6.45, 7) is 3.87. The van der Waals surface area contributed by atoms with E-state index in [1.165, 1.54) is 0 Å². The highest BCUT2D eigenvalue weighted by molar-refractivity contribution is 5.94. The summed E-state index contributed by atoms with van der Waals surface area (Å²) in [4.78, 5) is 32.7. The van der Waals surface area contributed by atoms with Crippen molar-refractivity contribution < 1.29 is 24.2 Å². The fraction of sp³-hybridized carbons (Fsp3) is 0.267. The highest BCUT2D eigenvalue weighted by atomic mass is 16.5. The maximum absolute atomic E-state index is 11.4. The van der Waals surface area contributed by atoms with Crippen LogP contribution in [0.25, 0.3) is 0 Å². The smallest absolute Gasteiger partial charge is 0.328 e. The van der Waals surface area contributed by atoms with E-state index in [1.807, 2.05) is 17.6 Å². The van der Waals surface area contributed by atoms with Crippen LogP contribution in [0.1, 0.15) is 25.3 Å². The number of rotatable bonds is 6. The molecule has 0 heterocycles. The van der Waals surface area contributed by atoms with Crippen LogP contribution in [0.15, 0.2) is 36.4 Å². The van der Waals surface area contributed by atoms with Gasteiger partial charge >= 0.3 is 5.97 Å². The Bertz CT molecular complexity index is 564. The average molecular weight is 306 g/mol. The Morgan fingerprint density at radius 2 is 1.77 bits per heavy atom. The van der Waals surface area contributed by atoms with Gasteiger partial charge in [-0.2, -0.15) is 0 Å². The SMILES string of the molecule is CC(C)c1ccc(OCC(=O)NNC(=O)/C=C/C(=O)O)cc1. The van der Waals surface area contributed by atoms with Gasteiger partial charge in [0.25, 0.3) is 11.8 Å². The minimum Gasteiger partial charge on any atom is -0.484 e. The van der Waals surface area contributed by atoms with Crippen molar-refractivity contribution in [3.63, 3.8) is 0 Å². The first-order valence-electron chi connectivity index (χ1n) is 6.61. The number of benzene rings is 1. The summed E-state index contributed by atoms with van der Waals surface area (Å²) in [5.41, 5.74) is 5.29. The van der Waals surface area contributed by atoms with Gasteiger partial charge in [-0.15, -0.1) is 0 Å². The molecular formula is C15H18N2O5. The van der Waals surface area contributed by atoms with Gasteiger partial charge in [0, 0.05) is 12.2 Å². The number of hydrazine groups is 1. The van der Waals surface area contributed by atoms with Gasteiger partial charge < -0.3 is 9.84 Å². The van der Waals surface area contributed by atoms with E-state index in [2.05, 4.69) is 19.3 Å². The molecule has 0 radical (unpaired) electrons. The summed E-state index contributed by atoms with van der Waals surface area (Å²) in [5, 5.41) is 8.33. The zero-order valence-electron chi connectivity index (χ0n) is 12.3. The second-order valence-electron chi connectivity index (χ2n) is 4.72. The zero-order valence-corrected chi connectivity index (χ0v) is 12.3. The summed E-state index contributed by atoms with van der Waals surface area (Å²) in [6, 6.07) is 7.35. The zero-order chi connectivity index (χ0) is 16.5. The third-order valence-electron chi connectivity index (χ3n) is 2.62. The van der Waals surface area contributed by atoms with E-state index in [9.17, 15) is 14.4 Å². The van der Waals surface area contributed by atoms with E-state index in [4.69, 9.17) is 9.84 Å². The van der Waals surface area contributed by atoms with Gasteiger partial charge in [-0.05, 0) is 23.6 Å². The van der Waals surface area contributed by atoms with E-state index in [1.54, 1.807) is 12.1 Å². The van der Waals surface area contributed by atoms with Gasteiger partial charge in [0.05, 0.1) is 0 Å². The Balaban J connectivity index is 2.34. The Kier molecular flexibility index (Phi) is 6.62. The molecule has 3 N–H and O–H groups in total. The van der Waals surface area contributed by atoms with Crippen LogP contribution < -0.4 is 15.6 Å². The van der Waals surface area contributed by atoms with Gasteiger partial charge in [-0.3, -0.25) is 20.4 Å². The van der Waals surface area contributed by atoms with Crippen LogP contribution in [0, 0.1) is 0 Å². The molecule has 1 aromatic rings. The maximum atomic E-state index is 11.4. The first kappa shape index (κ1) is 17.2. The molecule has 0 fully saturated rings. The van der Waals surface area contributed by atoms with Crippen molar-refractivity contribution in [2.75, 3.05) is 6.61 Å². The number of carbonyl (C=O) groups is 3. The lowest BCUT2D eigenvalue weighted by molar-refractivity contribution is -0.131. The molecule has 0 aromatic heterocycles. The second-order valence-corrected chi connectivity index (χ2v) is 4.72. The van der Waals surface area contributed by atoms with E-state index < -0.39 is 17.8 Å². The van der Waals surface area contributed by atoms with Crippen LogP contribution in [0.2, 0.25) is 0 Å². The molecule has 0 aliphatic rings. The van der Waals surface area contributed by atoms with Crippen molar-refractivity contribution >= 4 is 17.8 Å². The lowest BCUT2D eigenvalue weighted by Gasteiger charge is -2.09. The number of amides is 2. The number of carboxylic acids is 1. The van der Waals surface area contributed by atoms with E-state index >= 15 is 0 Å². The average Bonchev–Trinajstić information content (AvgIpc) is 2.49. The summed E-state index contributed by atoms with van der Waals surface area (Å²) in [6.07, 6.45) is 1.45. The Morgan fingerprint density at radius 1 is 1.14 bits per heavy atom. The van der Waals surface area contributed by atoms with E-state index in [-0.39, 0.29) is 6.61 Å². The predicted octanol–water partition coefficient (Wildman–Crippen LogP) is 0.977. The second kappa shape index (κ2) is 8.46. The molecule has 0 aliphatic heterocycles. The summed E-state index contributed by atoms with van der Waals surface area (Å²) < 4.78 is 5.26. The normalized spacial score (nSPS) is 10.5. The monoisotopic (exact) mass is 306 g/mol. The molecule has 7 heteroatoms. The molecule has 0 bridgehead atoms. The minimum atomic E-state index is -1.25. The van der Waals surface area contributed by atoms with Gasteiger partial charge in [0.15, 0.2) is 6.61 Å².